The van der Waals surface area contributed by atoms with Crippen LogP contribution in [0, 0.1) is 19.8 Å². The average Bonchev–Trinajstić information content (AvgIpc) is 3.30. The molecule has 2 heterocycles. The second kappa shape index (κ2) is 11.3. The summed E-state index contributed by atoms with van der Waals surface area (Å²) in [4.78, 5) is 11.4. The fourth-order valence-electron chi connectivity index (χ4n) is 3.45. The molecule has 1 aliphatic rings. The second-order valence-corrected chi connectivity index (χ2v) is 7.10. The second-order valence-electron chi connectivity index (χ2n) is 7.10. The van der Waals surface area contributed by atoms with Crippen LogP contribution in [0.2, 0.25) is 0 Å². The Morgan fingerprint density at radius 2 is 2.10 bits per heavy atom. The van der Waals surface area contributed by atoms with Crippen LogP contribution in [0.3, 0.4) is 0 Å². The number of guanidine groups is 1. The van der Waals surface area contributed by atoms with Crippen LogP contribution in [-0.2, 0) is 6.54 Å². The van der Waals surface area contributed by atoms with E-state index < -0.39 is 0 Å². The Kier molecular flexibility index (Phi) is 9.06. The quantitative estimate of drug-likeness (QED) is 0.336. The van der Waals surface area contributed by atoms with E-state index in [1.54, 1.807) is 7.11 Å². The van der Waals surface area contributed by atoms with E-state index >= 15 is 0 Å². The van der Waals surface area contributed by atoms with Crippen molar-refractivity contribution in [2.75, 3.05) is 38.2 Å². The van der Waals surface area contributed by atoms with Crippen LogP contribution in [0.25, 0.3) is 0 Å². The van der Waals surface area contributed by atoms with Gasteiger partial charge in [0.1, 0.15) is 18.1 Å². The molecule has 0 amide bonds. The number of anilines is 1. The fourth-order valence-corrected chi connectivity index (χ4v) is 3.45. The smallest absolute Gasteiger partial charge is 0.216 e. The molecule has 160 valence electrons. The number of nitrogens with one attached hydrogen (secondary N) is 2. The van der Waals surface area contributed by atoms with E-state index in [1.165, 1.54) is 5.69 Å². The largest absolute Gasteiger partial charge is 0.495 e. The van der Waals surface area contributed by atoms with Gasteiger partial charge in [0.25, 0.3) is 0 Å². The lowest BCUT2D eigenvalue weighted by molar-refractivity contribution is 0.414. The van der Waals surface area contributed by atoms with E-state index in [1.807, 2.05) is 26.0 Å². The Bertz CT molecular complexity index is 789. The molecular formula is C21H32IN5O2. The van der Waals surface area contributed by atoms with E-state index in [9.17, 15) is 0 Å². The number of hydrogen-bond donors (Lipinski definition) is 2. The lowest BCUT2D eigenvalue weighted by Gasteiger charge is -2.21. The number of aryl methyl sites for hydroxylation is 2. The molecule has 1 saturated heterocycles. The molecule has 0 saturated carbocycles. The van der Waals surface area contributed by atoms with Crippen LogP contribution < -0.4 is 20.3 Å². The number of halogens is 1. The number of hydrogen-bond acceptors (Lipinski definition) is 5. The van der Waals surface area contributed by atoms with Gasteiger partial charge in [-0.1, -0.05) is 12.1 Å². The summed E-state index contributed by atoms with van der Waals surface area (Å²) in [5, 5.41) is 6.76. The Labute approximate surface area is 190 Å². The summed E-state index contributed by atoms with van der Waals surface area (Å²) >= 11 is 0. The summed E-state index contributed by atoms with van der Waals surface area (Å²) < 4.78 is 11.1. The number of nitrogens with zero attached hydrogens (tertiary/aromatic N) is 3. The van der Waals surface area contributed by atoms with Crippen molar-refractivity contribution < 1.29 is 9.15 Å². The van der Waals surface area contributed by atoms with Gasteiger partial charge < -0.3 is 24.7 Å². The van der Waals surface area contributed by atoms with Gasteiger partial charge >= 0.3 is 0 Å². The molecule has 7 nitrogen and oxygen atoms in total. The highest BCUT2D eigenvalue weighted by Gasteiger charge is 2.24. The summed E-state index contributed by atoms with van der Waals surface area (Å²) in [6.07, 6.45) is 1.14. The SMILES string of the molecule is CCNC(=NCc1nc(C)c(C)o1)NCC1CCN(c2ccccc2OC)C1.I. The molecule has 1 unspecified atom stereocenters. The van der Waals surface area contributed by atoms with Crippen LogP contribution in [0.5, 0.6) is 5.75 Å². The molecule has 1 fully saturated rings. The van der Waals surface area contributed by atoms with Gasteiger partial charge in [-0.2, -0.15) is 0 Å². The van der Waals surface area contributed by atoms with Crippen molar-refractivity contribution in [3.63, 3.8) is 0 Å². The van der Waals surface area contributed by atoms with E-state index in [0.29, 0.717) is 18.4 Å². The van der Waals surface area contributed by atoms with Gasteiger partial charge in [0.2, 0.25) is 5.89 Å². The summed E-state index contributed by atoms with van der Waals surface area (Å²) in [5.74, 6) is 3.79. The van der Waals surface area contributed by atoms with Gasteiger partial charge in [0, 0.05) is 26.2 Å². The van der Waals surface area contributed by atoms with Crippen LogP contribution in [0.1, 0.15) is 30.7 Å². The zero-order valence-electron chi connectivity index (χ0n) is 17.7. The molecular weight excluding hydrogens is 481 g/mol. The number of rotatable bonds is 7. The zero-order chi connectivity index (χ0) is 19.9. The first-order valence-corrected chi connectivity index (χ1v) is 9.93. The highest BCUT2D eigenvalue weighted by atomic mass is 127. The van der Waals surface area contributed by atoms with Gasteiger partial charge in [0.05, 0.1) is 18.5 Å². The average molecular weight is 513 g/mol. The van der Waals surface area contributed by atoms with Gasteiger partial charge in [0.15, 0.2) is 5.96 Å². The zero-order valence-corrected chi connectivity index (χ0v) is 20.0. The molecule has 1 aromatic carbocycles. The Morgan fingerprint density at radius 1 is 1.31 bits per heavy atom. The standard InChI is InChI=1S/C21H31N5O2.HI/c1-5-22-21(24-13-20-25-15(2)16(3)28-20)23-12-17-10-11-26(14-17)18-8-6-7-9-19(18)27-4;/h6-9,17H,5,10-14H2,1-4H3,(H2,22,23,24);1H. The third kappa shape index (κ3) is 6.25. The van der Waals surface area contributed by atoms with E-state index in [4.69, 9.17) is 9.15 Å². The van der Waals surface area contributed by atoms with Crippen LogP contribution in [-0.4, -0.2) is 44.2 Å². The maximum atomic E-state index is 5.61. The number of para-hydroxylation sites is 2. The van der Waals surface area contributed by atoms with Crippen molar-refractivity contribution in [3.8, 4) is 5.75 Å². The van der Waals surface area contributed by atoms with Gasteiger partial charge in [-0.05, 0) is 45.2 Å². The number of ether oxygens (including phenoxy) is 1. The van der Waals surface area contributed by atoms with Crippen molar-refractivity contribution in [3.05, 3.63) is 41.6 Å². The molecule has 29 heavy (non-hydrogen) atoms. The molecule has 2 N–H and O–H groups in total. The number of aromatic nitrogens is 1. The van der Waals surface area contributed by atoms with Gasteiger partial charge in [-0.25, -0.2) is 9.98 Å². The van der Waals surface area contributed by atoms with Gasteiger partial charge in [-0.3, -0.25) is 0 Å². The van der Waals surface area contributed by atoms with Crippen molar-refractivity contribution in [2.24, 2.45) is 10.9 Å². The minimum atomic E-state index is 0. The Hall–Kier alpha value is -1.97. The monoisotopic (exact) mass is 513 g/mol. The molecule has 0 spiro atoms. The highest BCUT2D eigenvalue weighted by Crippen LogP contribution is 2.31. The molecule has 8 heteroatoms. The molecule has 1 atom stereocenters. The van der Waals surface area contributed by atoms with Crippen molar-refractivity contribution in [1.82, 2.24) is 15.6 Å². The third-order valence-corrected chi connectivity index (χ3v) is 5.06. The number of benzene rings is 1. The molecule has 0 bridgehead atoms. The van der Waals surface area contributed by atoms with E-state index in [2.05, 4.69) is 44.6 Å². The first-order valence-electron chi connectivity index (χ1n) is 9.93. The van der Waals surface area contributed by atoms with E-state index in [0.717, 1.165) is 55.8 Å². The maximum Gasteiger partial charge on any atom is 0.216 e. The third-order valence-electron chi connectivity index (χ3n) is 5.06. The topological polar surface area (TPSA) is 74.9 Å². The van der Waals surface area contributed by atoms with E-state index in [-0.39, 0.29) is 24.0 Å². The van der Waals surface area contributed by atoms with Crippen molar-refractivity contribution >= 4 is 35.6 Å². The molecule has 2 aromatic rings. The number of aliphatic imine (C=N–C) groups is 1. The van der Waals surface area contributed by atoms with Crippen LogP contribution in [0.15, 0.2) is 33.7 Å². The predicted molar refractivity (Wildman–Crippen MR) is 128 cm³/mol. The Balaban J connectivity index is 0.00000300. The van der Waals surface area contributed by atoms with Crippen LogP contribution in [0.4, 0.5) is 5.69 Å². The minimum Gasteiger partial charge on any atom is -0.495 e. The molecule has 1 aliphatic heterocycles. The van der Waals surface area contributed by atoms with Gasteiger partial charge in [-0.15, -0.1) is 24.0 Å². The molecule has 0 radical (unpaired) electrons. The number of oxazole rings is 1. The fraction of sp³-hybridized carbons (Fsp3) is 0.524. The number of methoxy groups -OCH3 is 1. The van der Waals surface area contributed by atoms with Crippen molar-refractivity contribution in [1.29, 1.82) is 0 Å². The molecule has 3 rings (SSSR count). The first-order chi connectivity index (χ1) is 13.6. The lowest BCUT2D eigenvalue weighted by atomic mass is 10.1. The highest BCUT2D eigenvalue weighted by molar-refractivity contribution is 14.0. The Morgan fingerprint density at radius 3 is 2.79 bits per heavy atom. The molecule has 1 aromatic heterocycles. The molecule has 0 aliphatic carbocycles. The first kappa shape index (κ1) is 23.3. The summed E-state index contributed by atoms with van der Waals surface area (Å²) in [5.41, 5.74) is 2.09. The predicted octanol–water partition coefficient (Wildman–Crippen LogP) is 3.50. The lowest BCUT2D eigenvalue weighted by Crippen LogP contribution is -2.40. The maximum absolute atomic E-state index is 5.61. The summed E-state index contributed by atoms with van der Waals surface area (Å²) in [6, 6.07) is 8.21. The van der Waals surface area contributed by atoms with Crippen molar-refractivity contribution in [2.45, 2.75) is 33.7 Å². The minimum absolute atomic E-state index is 0. The summed E-state index contributed by atoms with van der Waals surface area (Å²) in [7, 11) is 1.73. The van der Waals surface area contributed by atoms with Crippen LogP contribution >= 0.6 is 24.0 Å². The normalized spacial score (nSPS) is 16.5. The summed E-state index contributed by atoms with van der Waals surface area (Å²) in [6.45, 7) is 10.1.